The van der Waals surface area contributed by atoms with Crippen molar-refractivity contribution in [3.8, 4) is 0 Å². The van der Waals surface area contributed by atoms with E-state index in [0.29, 0.717) is 17.4 Å². The highest BCUT2D eigenvalue weighted by Gasteiger charge is 2.27. The lowest BCUT2D eigenvalue weighted by molar-refractivity contribution is -0.870. The van der Waals surface area contributed by atoms with Crippen molar-refractivity contribution in [2.45, 2.75) is 109 Å². The fourth-order valence-electron chi connectivity index (χ4n) is 3.52. The number of rotatable bonds is 24. The van der Waals surface area contributed by atoms with E-state index in [0.717, 1.165) is 51.4 Å². The molecule has 0 saturated carbocycles. The van der Waals surface area contributed by atoms with Gasteiger partial charge in [-0.2, -0.15) is 0 Å². The summed E-state index contributed by atoms with van der Waals surface area (Å²) >= 11 is 0. The van der Waals surface area contributed by atoms with Crippen LogP contribution < -0.4 is 5.32 Å². The minimum atomic E-state index is -4.31. The molecule has 0 bridgehead atoms. The van der Waals surface area contributed by atoms with Crippen LogP contribution in [0, 0.1) is 0 Å². The molecular formula is C28H56N2O6P+. The maximum absolute atomic E-state index is 12.5. The summed E-state index contributed by atoms with van der Waals surface area (Å²) in [7, 11) is 1.54. The van der Waals surface area contributed by atoms with Crippen molar-refractivity contribution in [1.82, 2.24) is 5.32 Å². The Morgan fingerprint density at radius 2 is 1.49 bits per heavy atom. The van der Waals surface area contributed by atoms with E-state index >= 15 is 0 Å². The van der Waals surface area contributed by atoms with Gasteiger partial charge in [-0.1, -0.05) is 83.1 Å². The fraction of sp³-hybridized carbons (Fsp3) is 0.821. The van der Waals surface area contributed by atoms with Crippen LogP contribution in [-0.2, 0) is 18.4 Å². The number of phosphoric acid groups is 1. The number of hydrogen-bond acceptors (Lipinski definition) is 5. The minimum absolute atomic E-state index is 0.0562. The van der Waals surface area contributed by atoms with Crippen molar-refractivity contribution in [2.24, 2.45) is 0 Å². The largest absolute Gasteiger partial charge is 0.472 e. The zero-order valence-electron chi connectivity index (χ0n) is 24.2. The van der Waals surface area contributed by atoms with Crippen molar-refractivity contribution in [1.29, 1.82) is 0 Å². The average Bonchev–Trinajstić information content (AvgIpc) is 2.81. The van der Waals surface area contributed by atoms with E-state index in [-0.39, 0.29) is 19.1 Å². The van der Waals surface area contributed by atoms with Crippen LogP contribution >= 0.6 is 7.82 Å². The van der Waals surface area contributed by atoms with Crippen LogP contribution in [-0.4, -0.2) is 73.4 Å². The maximum atomic E-state index is 12.5. The second kappa shape index (κ2) is 21.9. The van der Waals surface area contributed by atoms with Gasteiger partial charge in [0.1, 0.15) is 13.2 Å². The Hall–Kier alpha value is -1.02. The summed E-state index contributed by atoms with van der Waals surface area (Å²) in [5.41, 5.74) is 0. The summed E-state index contributed by atoms with van der Waals surface area (Å²) in [5.74, 6) is -0.206. The molecule has 0 aliphatic heterocycles. The Labute approximate surface area is 226 Å². The molecule has 0 aromatic rings. The molecule has 0 aromatic heterocycles. The molecule has 0 fully saturated rings. The SMILES string of the molecule is CCCCCC/C=C/CC/C=C/C(O)C(COP(=O)(O)OCC[N+](C)(C)C)NC(=O)CCCCCCC. The number of phosphoric ester groups is 1. The van der Waals surface area contributed by atoms with E-state index in [2.05, 4.69) is 31.3 Å². The van der Waals surface area contributed by atoms with Gasteiger partial charge >= 0.3 is 7.82 Å². The standard InChI is InChI=1S/C28H55N2O6P/c1-6-8-10-12-13-14-15-16-18-19-21-27(31)26(29-28(32)22-20-17-11-9-7-2)25-36-37(33,34)35-24-23-30(3,4)5/h14-15,19,21,26-27,31H,6-13,16-18,20,22-25H2,1-5H3,(H-,29,32,33,34)/p+1/b15-14+,21-19+. The van der Waals surface area contributed by atoms with E-state index in [1.54, 1.807) is 6.08 Å². The monoisotopic (exact) mass is 547 g/mol. The second-order valence-electron chi connectivity index (χ2n) is 10.8. The molecule has 37 heavy (non-hydrogen) atoms. The number of amides is 1. The van der Waals surface area contributed by atoms with Crippen molar-refractivity contribution in [3.63, 3.8) is 0 Å². The van der Waals surface area contributed by atoms with Crippen LogP contribution in [0.2, 0.25) is 0 Å². The molecule has 3 unspecified atom stereocenters. The number of nitrogens with zero attached hydrogens (tertiary/aromatic N) is 1. The highest BCUT2D eigenvalue weighted by atomic mass is 31.2. The summed E-state index contributed by atoms with van der Waals surface area (Å²) in [6, 6.07) is -0.851. The number of hydrogen-bond donors (Lipinski definition) is 3. The van der Waals surface area contributed by atoms with Crippen molar-refractivity contribution in [2.75, 3.05) is 40.9 Å². The van der Waals surface area contributed by atoms with Crippen molar-refractivity contribution >= 4 is 13.7 Å². The third-order valence-electron chi connectivity index (χ3n) is 5.92. The van der Waals surface area contributed by atoms with E-state index in [1.165, 1.54) is 25.7 Å². The van der Waals surface area contributed by atoms with Gasteiger partial charge in [0.05, 0.1) is 39.9 Å². The number of aliphatic hydroxyl groups is 1. The smallest absolute Gasteiger partial charge is 0.387 e. The Bertz CT molecular complexity index is 678. The van der Waals surface area contributed by atoms with Crippen molar-refractivity contribution < 1.29 is 32.9 Å². The minimum Gasteiger partial charge on any atom is -0.387 e. The molecule has 0 heterocycles. The molecule has 3 N–H and O–H groups in total. The predicted molar refractivity (Wildman–Crippen MR) is 152 cm³/mol. The lowest BCUT2D eigenvalue weighted by Crippen LogP contribution is -2.45. The number of aliphatic hydroxyl groups excluding tert-OH is 1. The Kier molecular flexibility index (Phi) is 21.3. The summed E-state index contributed by atoms with van der Waals surface area (Å²) in [5, 5.41) is 13.5. The zero-order chi connectivity index (χ0) is 28.0. The van der Waals surface area contributed by atoms with Gasteiger partial charge in [0.2, 0.25) is 5.91 Å². The topological polar surface area (TPSA) is 105 Å². The lowest BCUT2D eigenvalue weighted by atomic mass is 10.1. The van der Waals surface area contributed by atoms with Gasteiger partial charge < -0.3 is 19.8 Å². The first-order chi connectivity index (χ1) is 17.5. The van der Waals surface area contributed by atoms with Gasteiger partial charge in [-0.3, -0.25) is 13.8 Å². The Morgan fingerprint density at radius 1 is 0.892 bits per heavy atom. The lowest BCUT2D eigenvalue weighted by Gasteiger charge is -2.25. The number of carbonyl (C=O) groups is 1. The molecule has 0 radical (unpaired) electrons. The molecule has 218 valence electrons. The van der Waals surface area contributed by atoms with Gasteiger partial charge in [-0.15, -0.1) is 0 Å². The molecule has 0 saturated heterocycles. The number of allylic oxidation sites excluding steroid dienone is 3. The predicted octanol–water partition coefficient (Wildman–Crippen LogP) is 5.90. The fourth-order valence-corrected chi connectivity index (χ4v) is 4.26. The van der Waals surface area contributed by atoms with E-state index < -0.39 is 20.0 Å². The Morgan fingerprint density at radius 3 is 2.14 bits per heavy atom. The summed E-state index contributed by atoms with van der Waals surface area (Å²) in [6.07, 6.45) is 20.0. The van der Waals surface area contributed by atoms with Gasteiger partial charge in [0.25, 0.3) is 0 Å². The second-order valence-corrected chi connectivity index (χ2v) is 12.2. The molecule has 0 aliphatic rings. The summed E-state index contributed by atoms with van der Waals surface area (Å²) < 4.78 is 23.1. The molecule has 0 aliphatic carbocycles. The van der Waals surface area contributed by atoms with Crippen LogP contribution in [0.5, 0.6) is 0 Å². The first-order valence-corrected chi connectivity index (χ1v) is 15.7. The molecule has 0 rings (SSSR count). The maximum Gasteiger partial charge on any atom is 0.472 e. The van der Waals surface area contributed by atoms with Gasteiger partial charge in [0.15, 0.2) is 0 Å². The van der Waals surface area contributed by atoms with Gasteiger partial charge in [0, 0.05) is 6.42 Å². The quantitative estimate of drug-likeness (QED) is 0.0602. The molecular weight excluding hydrogens is 491 g/mol. The first-order valence-electron chi connectivity index (χ1n) is 14.2. The third kappa shape index (κ3) is 23.8. The van der Waals surface area contributed by atoms with Crippen LogP contribution in [0.25, 0.3) is 0 Å². The average molecular weight is 548 g/mol. The van der Waals surface area contributed by atoms with E-state index in [1.807, 2.05) is 27.2 Å². The number of unbranched alkanes of at least 4 members (excludes halogenated alkanes) is 9. The number of likely N-dealkylation sites (N-methyl/N-ethyl adjacent to an activating group) is 1. The van der Waals surface area contributed by atoms with E-state index in [9.17, 15) is 19.4 Å². The molecule has 0 spiro atoms. The van der Waals surface area contributed by atoms with Crippen LogP contribution in [0.3, 0.4) is 0 Å². The van der Waals surface area contributed by atoms with Crippen molar-refractivity contribution in [3.05, 3.63) is 24.3 Å². The van der Waals surface area contributed by atoms with Gasteiger partial charge in [-0.25, -0.2) is 4.57 Å². The van der Waals surface area contributed by atoms with E-state index in [4.69, 9.17) is 9.05 Å². The number of carbonyl (C=O) groups excluding carboxylic acids is 1. The molecule has 9 heteroatoms. The summed E-state index contributed by atoms with van der Waals surface area (Å²) in [4.78, 5) is 22.5. The number of quaternary nitrogens is 1. The van der Waals surface area contributed by atoms with Crippen LogP contribution in [0.4, 0.5) is 0 Å². The molecule has 8 nitrogen and oxygen atoms in total. The first kappa shape index (κ1) is 36.0. The third-order valence-corrected chi connectivity index (χ3v) is 6.91. The molecule has 0 aromatic carbocycles. The zero-order valence-corrected chi connectivity index (χ0v) is 25.1. The van der Waals surface area contributed by atoms with Crippen LogP contribution in [0.15, 0.2) is 24.3 Å². The normalized spacial score (nSPS) is 15.8. The highest BCUT2D eigenvalue weighted by molar-refractivity contribution is 7.47. The summed E-state index contributed by atoms with van der Waals surface area (Å²) in [6.45, 7) is 4.61. The van der Waals surface area contributed by atoms with Gasteiger partial charge in [-0.05, 0) is 32.1 Å². The highest BCUT2D eigenvalue weighted by Crippen LogP contribution is 2.43. The molecule has 1 amide bonds. The molecule has 3 atom stereocenters. The van der Waals surface area contributed by atoms with Crippen LogP contribution in [0.1, 0.15) is 97.3 Å². The Balaban J connectivity index is 4.77. The number of nitrogens with one attached hydrogen (secondary N) is 1.